The molecule has 0 N–H and O–H groups in total. The van der Waals surface area contributed by atoms with Gasteiger partial charge in [-0.1, -0.05) is 6.07 Å². The lowest BCUT2D eigenvalue weighted by Gasteiger charge is -2.15. The van der Waals surface area contributed by atoms with Crippen LogP contribution < -0.4 is 0 Å². The third-order valence-electron chi connectivity index (χ3n) is 3.43. The average Bonchev–Trinajstić information content (AvgIpc) is 2.84. The minimum atomic E-state index is -4.36. The normalized spacial score (nSPS) is 20.9. The fourth-order valence-corrected chi connectivity index (χ4v) is 2.53. The first-order chi connectivity index (χ1) is 9.00. The lowest BCUT2D eigenvalue weighted by Crippen LogP contribution is -2.21. The van der Waals surface area contributed by atoms with Crippen LogP contribution in [0.4, 0.5) is 13.2 Å². The topological polar surface area (TPSA) is 16.1 Å². The Bertz CT molecular complexity index is 405. The number of halogens is 4. The maximum Gasteiger partial charge on any atom is 0.433 e. The van der Waals surface area contributed by atoms with Crippen LogP contribution in [-0.2, 0) is 6.18 Å². The lowest BCUT2D eigenvalue weighted by molar-refractivity contribution is -0.141. The Morgan fingerprint density at radius 3 is 2.74 bits per heavy atom. The molecule has 1 aliphatic rings. The predicted octanol–water partition coefficient (Wildman–Crippen LogP) is 3.52. The van der Waals surface area contributed by atoms with Crippen LogP contribution in [0.25, 0.3) is 0 Å². The van der Waals surface area contributed by atoms with Gasteiger partial charge in [0.1, 0.15) is 5.69 Å². The van der Waals surface area contributed by atoms with Crippen LogP contribution in [0.3, 0.4) is 0 Å². The van der Waals surface area contributed by atoms with E-state index in [1.807, 2.05) is 0 Å². The predicted molar refractivity (Wildman–Crippen MR) is 68.4 cm³/mol. The van der Waals surface area contributed by atoms with E-state index in [2.05, 4.69) is 9.88 Å². The Morgan fingerprint density at radius 1 is 1.37 bits per heavy atom. The molecule has 0 saturated carbocycles. The van der Waals surface area contributed by atoms with Crippen molar-refractivity contribution in [2.24, 2.45) is 0 Å². The summed E-state index contributed by atoms with van der Waals surface area (Å²) in [4.78, 5) is 5.81. The van der Waals surface area contributed by atoms with E-state index >= 15 is 0 Å². The molecule has 1 fully saturated rings. The number of hydrogen-bond acceptors (Lipinski definition) is 2. The monoisotopic (exact) mass is 292 g/mol. The first-order valence-corrected chi connectivity index (χ1v) is 6.85. The van der Waals surface area contributed by atoms with E-state index in [1.165, 1.54) is 6.20 Å². The first-order valence-electron chi connectivity index (χ1n) is 6.32. The van der Waals surface area contributed by atoms with Crippen molar-refractivity contribution in [3.63, 3.8) is 0 Å². The summed E-state index contributed by atoms with van der Waals surface area (Å²) >= 11 is 5.65. The molecule has 0 bridgehead atoms. The zero-order valence-electron chi connectivity index (χ0n) is 10.5. The van der Waals surface area contributed by atoms with Gasteiger partial charge < -0.3 is 4.90 Å². The van der Waals surface area contributed by atoms with Gasteiger partial charge in [-0.3, -0.25) is 4.98 Å². The number of likely N-dealkylation sites (tertiary alicyclic amines) is 1. The van der Waals surface area contributed by atoms with Crippen LogP contribution in [0.1, 0.15) is 30.0 Å². The van der Waals surface area contributed by atoms with Crippen LogP contribution in [0.15, 0.2) is 18.3 Å². The molecule has 19 heavy (non-hydrogen) atoms. The van der Waals surface area contributed by atoms with Crippen LogP contribution in [0.5, 0.6) is 0 Å². The minimum Gasteiger partial charge on any atom is -0.303 e. The molecule has 0 radical (unpaired) electrons. The van der Waals surface area contributed by atoms with Crippen molar-refractivity contribution < 1.29 is 13.2 Å². The lowest BCUT2D eigenvalue weighted by atomic mass is 10.0. The van der Waals surface area contributed by atoms with Gasteiger partial charge in [-0.25, -0.2) is 0 Å². The molecule has 0 spiro atoms. The van der Waals surface area contributed by atoms with Crippen molar-refractivity contribution in [3.05, 3.63) is 29.6 Å². The zero-order valence-corrected chi connectivity index (χ0v) is 11.2. The number of pyridine rings is 1. The van der Waals surface area contributed by atoms with Crippen molar-refractivity contribution in [2.45, 2.75) is 24.9 Å². The Kier molecular flexibility index (Phi) is 4.68. The fourth-order valence-electron chi connectivity index (χ4n) is 2.41. The summed E-state index contributed by atoms with van der Waals surface area (Å²) in [5.74, 6) is 0.924. The van der Waals surface area contributed by atoms with Gasteiger partial charge >= 0.3 is 6.18 Å². The van der Waals surface area contributed by atoms with E-state index in [0.717, 1.165) is 44.1 Å². The standard InChI is InChI=1S/C13H16ClF3N2/c14-5-1-6-19-7-4-11(9-19)10-2-3-12(18-8-10)13(15,16)17/h2-3,8,11H,1,4-7,9H2. The largest absolute Gasteiger partial charge is 0.433 e. The molecule has 2 rings (SSSR count). The molecule has 2 nitrogen and oxygen atoms in total. The Morgan fingerprint density at radius 2 is 2.16 bits per heavy atom. The highest BCUT2D eigenvalue weighted by atomic mass is 35.5. The molecule has 1 aromatic heterocycles. The SMILES string of the molecule is FC(F)(F)c1ccc(C2CCN(CCCCl)C2)cn1. The van der Waals surface area contributed by atoms with E-state index in [4.69, 9.17) is 11.6 Å². The second-order valence-corrected chi connectivity index (χ2v) is 5.18. The first kappa shape index (κ1) is 14.6. The molecule has 1 atom stereocenters. The summed E-state index contributed by atoms with van der Waals surface area (Å²) in [6.45, 7) is 2.81. The molecule has 0 amide bonds. The highest BCUT2D eigenvalue weighted by Gasteiger charge is 2.32. The Balaban J connectivity index is 1.96. The number of hydrogen-bond donors (Lipinski definition) is 0. The number of alkyl halides is 4. The van der Waals surface area contributed by atoms with Crippen molar-refractivity contribution >= 4 is 11.6 Å². The molecule has 2 heterocycles. The van der Waals surface area contributed by atoms with Crippen LogP contribution in [0.2, 0.25) is 0 Å². The Hall–Kier alpha value is -0.810. The van der Waals surface area contributed by atoms with Crippen LogP contribution in [0, 0.1) is 0 Å². The second-order valence-electron chi connectivity index (χ2n) is 4.80. The Labute approximate surface area is 115 Å². The molecule has 6 heteroatoms. The summed E-state index contributed by atoms with van der Waals surface area (Å²) in [6.07, 6.45) is -1.09. The summed E-state index contributed by atoms with van der Waals surface area (Å²) < 4.78 is 37.2. The van der Waals surface area contributed by atoms with Gasteiger partial charge in [0.25, 0.3) is 0 Å². The summed E-state index contributed by atoms with van der Waals surface area (Å²) in [5.41, 5.74) is 0.0645. The smallest absolute Gasteiger partial charge is 0.303 e. The maximum atomic E-state index is 12.4. The van der Waals surface area contributed by atoms with Crippen LogP contribution in [-0.4, -0.2) is 35.4 Å². The summed E-state index contributed by atoms with van der Waals surface area (Å²) in [5, 5.41) is 0. The molecule has 1 aromatic rings. The summed E-state index contributed by atoms with van der Waals surface area (Å²) in [6, 6.07) is 2.61. The van der Waals surface area contributed by atoms with Crippen molar-refractivity contribution in [1.82, 2.24) is 9.88 Å². The number of nitrogens with zero attached hydrogens (tertiary/aromatic N) is 2. The third kappa shape index (κ3) is 3.83. The fraction of sp³-hybridized carbons (Fsp3) is 0.615. The van der Waals surface area contributed by atoms with E-state index < -0.39 is 11.9 Å². The molecule has 0 aliphatic carbocycles. The molecule has 106 valence electrons. The van der Waals surface area contributed by atoms with Crippen molar-refractivity contribution in [1.29, 1.82) is 0 Å². The molecular formula is C13H16ClF3N2. The molecular weight excluding hydrogens is 277 g/mol. The molecule has 1 saturated heterocycles. The van der Waals surface area contributed by atoms with Crippen LogP contribution >= 0.6 is 11.6 Å². The molecule has 1 aliphatic heterocycles. The van der Waals surface area contributed by atoms with Crippen molar-refractivity contribution in [2.75, 3.05) is 25.5 Å². The van der Waals surface area contributed by atoms with E-state index in [0.29, 0.717) is 5.88 Å². The van der Waals surface area contributed by atoms with Gasteiger partial charge in [0.2, 0.25) is 0 Å². The number of aromatic nitrogens is 1. The number of rotatable bonds is 4. The van der Waals surface area contributed by atoms with Gasteiger partial charge in [-0.05, 0) is 43.5 Å². The van der Waals surface area contributed by atoms with Gasteiger partial charge in [0.05, 0.1) is 0 Å². The van der Waals surface area contributed by atoms with Gasteiger partial charge in [0.15, 0.2) is 0 Å². The van der Waals surface area contributed by atoms with Gasteiger partial charge in [-0.2, -0.15) is 13.2 Å². The quantitative estimate of drug-likeness (QED) is 0.790. The maximum absolute atomic E-state index is 12.4. The zero-order chi connectivity index (χ0) is 13.9. The molecule has 1 unspecified atom stereocenters. The van der Waals surface area contributed by atoms with E-state index in [9.17, 15) is 13.2 Å². The third-order valence-corrected chi connectivity index (χ3v) is 3.70. The van der Waals surface area contributed by atoms with E-state index in [-0.39, 0.29) is 5.92 Å². The van der Waals surface area contributed by atoms with E-state index in [1.54, 1.807) is 6.07 Å². The summed E-state index contributed by atoms with van der Waals surface area (Å²) in [7, 11) is 0. The van der Waals surface area contributed by atoms with Gasteiger partial charge in [-0.15, -0.1) is 11.6 Å². The minimum absolute atomic E-state index is 0.283. The molecule has 0 aromatic carbocycles. The van der Waals surface area contributed by atoms with Gasteiger partial charge in [0, 0.05) is 18.6 Å². The average molecular weight is 293 g/mol. The highest BCUT2D eigenvalue weighted by Crippen LogP contribution is 2.30. The van der Waals surface area contributed by atoms with Crippen molar-refractivity contribution in [3.8, 4) is 0 Å². The highest BCUT2D eigenvalue weighted by molar-refractivity contribution is 6.17. The second kappa shape index (κ2) is 6.09.